The topological polar surface area (TPSA) is 58.2 Å². The van der Waals surface area contributed by atoms with Crippen LogP contribution >= 0.6 is 22.6 Å². The molecule has 0 aromatic heterocycles. The minimum absolute atomic E-state index is 0.164. The average molecular weight is 520 g/mol. The maximum Gasteiger partial charge on any atom is 0.256 e. The standard InChI is InChI=1S/C26H21IN2O2/c1-17(21-14-7-9-18-8-2-3-12-22(18)21)28-25(30)19-10-6-11-20(16-19)29-26(31)23-13-4-5-15-24(23)27/h2-17H,1H3,(H,28,30)(H,29,31). The third-order valence-corrected chi connectivity index (χ3v) is 6.08. The summed E-state index contributed by atoms with van der Waals surface area (Å²) in [6.07, 6.45) is 0. The molecule has 4 aromatic carbocycles. The van der Waals surface area contributed by atoms with Gasteiger partial charge >= 0.3 is 0 Å². The second kappa shape index (κ2) is 9.31. The zero-order valence-electron chi connectivity index (χ0n) is 16.9. The lowest BCUT2D eigenvalue weighted by Crippen LogP contribution is -2.27. The van der Waals surface area contributed by atoms with E-state index in [1.54, 1.807) is 30.3 Å². The molecule has 0 aliphatic heterocycles. The van der Waals surface area contributed by atoms with Gasteiger partial charge in [-0.1, -0.05) is 60.7 Å². The van der Waals surface area contributed by atoms with Crippen molar-refractivity contribution in [3.05, 3.63) is 111 Å². The van der Waals surface area contributed by atoms with E-state index in [0.717, 1.165) is 19.9 Å². The lowest BCUT2D eigenvalue weighted by atomic mass is 9.99. The fourth-order valence-electron chi connectivity index (χ4n) is 3.57. The number of benzene rings is 4. The molecule has 0 aliphatic carbocycles. The fraction of sp³-hybridized carbons (Fsp3) is 0.0769. The molecule has 4 rings (SSSR count). The van der Waals surface area contributed by atoms with Gasteiger partial charge in [-0.15, -0.1) is 0 Å². The molecule has 0 spiro atoms. The van der Waals surface area contributed by atoms with Gasteiger partial charge in [0.05, 0.1) is 11.6 Å². The first-order chi connectivity index (χ1) is 15.0. The molecule has 0 heterocycles. The van der Waals surface area contributed by atoms with Crippen molar-refractivity contribution in [2.24, 2.45) is 0 Å². The molecular weight excluding hydrogens is 499 g/mol. The Hall–Kier alpha value is -3.19. The summed E-state index contributed by atoms with van der Waals surface area (Å²) >= 11 is 2.14. The van der Waals surface area contributed by atoms with E-state index in [-0.39, 0.29) is 17.9 Å². The summed E-state index contributed by atoms with van der Waals surface area (Å²) in [6, 6.07) is 28.4. The first-order valence-electron chi connectivity index (χ1n) is 9.97. The van der Waals surface area contributed by atoms with E-state index in [9.17, 15) is 9.59 Å². The average Bonchev–Trinajstić information content (AvgIpc) is 2.79. The predicted octanol–water partition coefficient (Wildman–Crippen LogP) is 6.19. The molecule has 31 heavy (non-hydrogen) atoms. The Kier molecular flexibility index (Phi) is 6.32. The Morgan fingerprint density at radius 2 is 1.52 bits per heavy atom. The highest BCUT2D eigenvalue weighted by molar-refractivity contribution is 14.1. The number of fused-ring (bicyclic) bond motifs is 1. The second-order valence-corrected chi connectivity index (χ2v) is 8.44. The van der Waals surface area contributed by atoms with Gasteiger partial charge in [-0.05, 0) is 76.2 Å². The summed E-state index contributed by atoms with van der Waals surface area (Å²) in [7, 11) is 0. The van der Waals surface area contributed by atoms with Crippen LogP contribution in [0.25, 0.3) is 10.8 Å². The number of anilines is 1. The van der Waals surface area contributed by atoms with Crippen molar-refractivity contribution in [2.75, 3.05) is 5.32 Å². The van der Waals surface area contributed by atoms with Crippen LogP contribution < -0.4 is 10.6 Å². The molecule has 1 unspecified atom stereocenters. The lowest BCUT2D eigenvalue weighted by molar-refractivity contribution is 0.0939. The Bertz CT molecular complexity index is 1260. The van der Waals surface area contributed by atoms with Crippen LogP contribution in [-0.2, 0) is 0 Å². The molecule has 154 valence electrons. The van der Waals surface area contributed by atoms with Gasteiger partial charge < -0.3 is 10.6 Å². The van der Waals surface area contributed by atoms with E-state index in [2.05, 4.69) is 51.4 Å². The van der Waals surface area contributed by atoms with Crippen LogP contribution in [0.4, 0.5) is 5.69 Å². The highest BCUT2D eigenvalue weighted by Gasteiger charge is 2.15. The summed E-state index contributed by atoms with van der Waals surface area (Å²) in [6.45, 7) is 1.97. The Morgan fingerprint density at radius 1 is 0.806 bits per heavy atom. The van der Waals surface area contributed by atoms with Crippen LogP contribution in [0, 0.1) is 3.57 Å². The van der Waals surface area contributed by atoms with Crippen molar-refractivity contribution in [1.29, 1.82) is 0 Å². The molecule has 2 amide bonds. The first-order valence-corrected chi connectivity index (χ1v) is 11.1. The van der Waals surface area contributed by atoms with Crippen molar-refractivity contribution >= 4 is 50.9 Å². The number of amides is 2. The molecule has 4 aromatic rings. The van der Waals surface area contributed by atoms with Crippen molar-refractivity contribution in [1.82, 2.24) is 5.32 Å². The first kappa shape index (κ1) is 21.1. The monoisotopic (exact) mass is 520 g/mol. The van der Waals surface area contributed by atoms with E-state index in [4.69, 9.17) is 0 Å². The Balaban J connectivity index is 1.50. The highest BCUT2D eigenvalue weighted by atomic mass is 127. The van der Waals surface area contributed by atoms with Gasteiger partial charge in [0.15, 0.2) is 0 Å². The fourth-order valence-corrected chi connectivity index (χ4v) is 4.20. The van der Waals surface area contributed by atoms with Crippen LogP contribution in [0.1, 0.15) is 39.2 Å². The van der Waals surface area contributed by atoms with E-state index in [1.807, 2.05) is 49.4 Å². The van der Waals surface area contributed by atoms with Crippen molar-refractivity contribution in [3.8, 4) is 0 Å². The van der Waals surface area contributed by atoms with Gasteiger partial charge in [-0.25, -0.2) is 0 Å². The molecule has 0 bridgehead atoms. The minimum Gasteiger partial charge on any atom is -0.345 e. The van der Waals surface area contributed by atoms with Gasteiger partial charge in [-0.3, -0.25) is 9.59 Å². The summed E-state index contributed by atoms with van der Waals surface area (Å²) in [5.74, 6) is -0.391. The maximum absolute atomic E-state index is 12.9. The molecule has 5 heteroatoms. The highest BCUT2D eigenvalue weighted by Crippen LogP contribution is 2.24. The lowest BCUT2D eigenvalue weighted by Gasteiger charge is -2.17. The molecule has 0 radical (unpaired) electrons. The number of hydrogen-bond acceptors (Lipinski definition) is 2. The van der Waals surface area contributed by atoms with Crippen LogP contribution in [0.5, 0.6) is 0 Å². The molecular formula is C26H21IN2O2. The Morgan fingerprint density at radius 3 is 2.35 bits per heavy atom. The smallest absolute Gasteiger partial charge is 0.256 e. The minimum atomic E-state index is -0.202. The second-order valence-electron chi connectivity index (χ2n) is 7.28. The van der Waals surface area contributed by atoms with E-state index in [0.29, 0.717) is 16.8 Å². The van der Waals surface area contributed by atoms with Crippen molar-refractivity contribution < 1.29 is 9.59 Å². The number of carbonyl (C=O) groups is 2. The normalized spacial score (nSPS) is 11.7. The summed E-state index contributed by atoms with van der Waals surface area (Å²) in [4.78, 5) is 25.5. The largest absolute Gasteiger partial charge is 0.345 e. The zero-order chi connectivity index (χ0) is 21.8. The molecule has 4 nitrogen and oxygen atoms in total. The molecule has 0 fully saturated rings. The summed E-state index contributed by atoms with van der Waals surface area (Å²) in [5.41, 5.74) is 2.74. The Labute approximate surface area is 194 Å². The summed E-state index contributed by atoms with van der Waals surface area (Å²) in [5, 5.41) is 8.21. The van der Waals surface area contributed by atoms with E-state index >= 15 is 0 Å². The quantitative estimate of drug-likeness (QED) is 0.309. The number of rotatable bonds is 5. The third kappa shape index (κ3) is 4.77. The molecule has 2 N–H and O–H groups in total. The number of halogens is 1. The molecule has 0 aliphatic rings. The number of carbonyl (C=O) groups excluding carboxylic acids is 2. The number of hydrogen-bond donors (Lipinski definition) is 2. The maximum atomic E-state index is 12.9. The van der Waals surface area contributed by atoms with Gasteiger partial charge in [0.1, 0.15) is 0 Å². The third-order valence-electron chi connectivity index (χ3n) is 5.14. The van der Waals surface area contributed by atoms with E-state index in [1.165, 1.54) is 0 Å². The van der Waals surface area contributed by atoms with Crippen molar-refractivity contribution in [3.63, 3.8) is 0 Å². The van der Waals surface area contributed by atoms with Crippen LogP contribution in [0.2, 0.25) is 0 Å². The van der Waals surface area contributed by atoms with Crippen molar-refractivity contribution in [2.45, 2.75) is 13.0 Å². The number of nitrogens with one attached hydrogen (secondary N) is 2. The summed E-state index contributed by atoms with van der Waals surface area (Å²) < 4.78 is 0.871. The van der Waals surface area contributed by atoms with Gasteiger partial charge in [0.2, 0.25) is 0 Å². The van der Waals surface area contributed by atoms with Crippen LogP contribution in [0.3, 0.4) is 0 Å². The van der Waals surface area contributed by atoms with Crippen LogP contribution in [-0.4, -0.2) is 11.8 Å². The van der Waals surface area contributed by atoms with Crippen LogP contribution in [0.15, 0.2) is 91.0 Å². The molecule has 0 saturated carbocycles. The SMILES string of the molecule is CC(NC(=O)c1cccc(NC(=O)c2ccccc2I)c1)c1cccc2ccccc12. The van der Waals surface area contributed by atoms with E-state index < -0.39 is 0 Å². The predicted molar refractivity (Wildman–Crippen MR) is 133 cm³/mol. The van der Waals surface area contributed by atoms with Gasteiger partial charge in [0.25, 0.3) is 11.8 Å². The van der Waals surface area contributed by atoms with Gasteiger partial charge in [0, 0.05) is 14.8 Å². The zero-order valence-corrected chi connectivity index (χ0v) is 19.1. The molecule has 1 atom stereocenters. The van der Waals surface area contributed by atoms with Gasteiger partial charge in [-0.2, -0.15) is 0 Å². The molecule has 0 saturated heterocycles.